The zero-order valence-electron chi connectivity index (χ0n) is 19.5. The number of rotatable bonds is 5. The minimum absolute atomic E-state index is 0.00930. The first-order valence-electron chi connectivity index (χ1n) is 11.1. The second-order valence-corrected chi connectivity index (χ2v) is 10.3. The first-order valence-corrected chi connectivity index (χ1v) is 12.6. The standard InChI is InChI=1S/C22H34N4O5S/c1-5-31-22(28)25-10-8-24(9-11-25)20(27)16-23-6-12-26(13-7-23)32(29,30)21-18(3)14-17(2)15-19(21)4/h14-15H,5-13,16H2,1-4H3. The van der Waals surface area contributed by atoms with Gasteiger partial charge in [0.15, 0.2) is 0 Å². The van der Waals surface area contributed by atoms with Gasteiger partial charge < -0.3 is 14.5 Å². The monoisotopic (exact) mass is 466 g/mol. The molecule has 9 nitrogen and oxygen atoms in total. The number of hydrogen-bond donors (Lipinski definition) is 0. The molecule has 0 N–H and O–H groups in total. The van der Waals surface area contributed by atoms with E-state index in [1.54, 1.807) is 16.7 Å². The highest BCUT2D eigenvalue weighted by Crippen LogP contribution is 2.26. The van der Waals surface area contributed by atoms with Gasteiger partial charge in [0, 0.05) is 52.4 Å². The van der Waals surface area contributed by atoms with E-state index in [2.05, 4.69) is 0 Å². The van der Waals surface area contributed by atoms with Gasteiger partial charge in [-0.25, -0.2) is 13.2 Å². The molecule has 10 heteroatoms. The van der Waals surface area contributed by atoms with Gasteiger partial charge in [-0.1, -0.05) is 17.7 Å². The summed E-state index contributed by atoms with van der Waals surface area (Å²) in [6.07, 6.45) is -0.337. The van der Waals surface area contributed by atoms with E-state index in [1.165, 1.54) is 4.31 Å². The van der Waals surface area contributed by atoms with Gasteiger partial charge in [0.1, 0.15) is 0 Å². The Morgan fingerprint density at radius 1 is 0.875 bits per heavy atom. The average molecular weight is 467 g/mol. The number of piperazine rings is 2. The summed E-state index contributed by atoms with van der Waals surface area (Å²) in [5, 5.41) is 0. The Morgan fingerprint density at radius 3 is 1.94 bits per heavy atom. The van der Waals surface area contributed by atoms with Gasteiger partial charge in [-0.05, 0) is 38.8 Å². The van der Waals surface area contributed by atoms with Crippen LogP contribution in [0.3, 0.4) is 0 Å². The Morgan fingerprint density at radius 2 is 1.41 bits per heavy atom. The summed E-state index contributed by atoms with van der Waals surface area (Å²) in [6, 6.07) is 3.80. The number of ether oxygens (including phenoxy) is 1. The van der Waals surface area contributed by atoms with Gasteiger partial charge in [-0.3, -0.25) is 9.69 Å². The SMILES string of the molecule is CCOC(=O)N1CCN(C(=O)CN2CCN(S(=O)(=O)c3c(C)cc(C)cc3C)CC2)CC1. The molecule has 0 radical (unpaired) electrons. The third kappa shape index (κ3) is 5.41. The number of benzene rings is 1. The summed E-state index contributed by atoms with van der Waals surface area (Å²) in [4.78, 5) is 30.3. The third-order valence-corrected chi connectivity index (χ3v) is 8.26. The summed E-state index contributed by atoms with van der Waals surface area (Å²) in [5.41, 5.74) is 2.58. The number of carbonyl (C=O) groups excluding carboxylic acids is 2. The Kier molecular flexibility index (Phi) is 7.79. The van der Waals surface area contributed by atoms with E-state index in [4.69, 9.17) is 4.74 Å². The Labute approximate surface area is 190 Å². The highest BCUT2D eigenvalue weighted by molar-refractivity contribution is 7.89. The largest absolute Gasteiger partial charge is 0.450 e. The zero-order valence-corrected chi connectivity index (χ0v) is 20.3. The van der Waals surface area contributed by atoms with Crippen molar-refractivity contribution in [1.29, 1.82) is 0 Å². The molecule has 2 heterocycles. The molecule has 3 rings (SSSR count). The van der Waals surface area contributed by atoms with Crippen LogP contribution in [0, 0.1) is 20.8 Å². The maximum absolute atomic E-state index is 13.2. The Bertz CT molecular complexity index is 926. The van der Waals surface area contributed by atoms with E-state index in [1.807, 2.05) is 37.8 Å². The van der Waals surface area contributed by atoms with Crippen molar-refractivity contribution in [3.05, 3.63) is 28.8 Å². The molecule has 0 spiro atoms. The van der Waals surface area contributed by atoms with Crippen molar-refractivity contribution in [1.82, 2.24) is 19.0 Å². The molecule has 2 saturated heterocycles. The number of carbonyl (C=O) groups is 2. The Balaban J connectivity index is 1.52. The number of nitrogens with zero attached hydrogens (tertiary/aromatic N) is 4. The molecule has 0 unspecified atom stereocenters. The smallest absolute Gasteiger partial charge is 0.409 e. The van der Waals surface area contributed by atoms with Crippen LogP contribution in [0.4, 0.5) is 4.79 Å². The summed E-state index contributed by atoms with van der Waals surface area (Å²) in [5.74, 6) is 0.00930. The molecule has 0 bridgehead atoms. The maximum Gasteiger partial charge on any atom is 0.409 e. The van der Waals surface area contributed by atoms with Gasteiger partial charge >= 0.3 is 6.09 Å². The van der Waals surface area contributed by atoms with Crippen molar-refractivity contribution in [3.8, 4) is 0 Å². The van der Waals surface area contributed by atoms with E-state index in [9.17, 15) is 18.0 Å². The van der Waals surface area contributed by atoms with Crippen LogP contribution in [0.1, 0.15) is 23.6 Å². The number of hydrogen-bond acceptors (Lipinski definition) is 6. The molecule has 0 atom stereocenters. The number of amides is 2. The van der Waals surface area contributed by atoms with Gasteiger partial charge in [0.05, 0.1) is 18.0 Å². The van der Waals surface area contributed by atoms with Crippen molar-refractivity contribution < 1.29 is 22.7 Å². The van der Waals surface area contributed by atoms with Crippen LogP contribution in [-0.2, 0) is 19.6 Å². The summed E-state index contributed by atoms with van der Waals surface area (Å²) < 4.78 is 33.0. The molecule has 1 aromatic carbocycles. The minimum atomic E-state index is -3.57. The minimum Gasteiger partial charge on any atom is -0.450 e. The second kappa shape index (κ2) is 10.2. The van der Waals surface area contributed by atoms with Crippen LogP contribution in [0.2, 0.25) is 0 Å². The predicted octanol–water partition coefficient (Wildman–Crippen LogP) is 1.22. The molecule has 2 aliphatic rings. The molecular formula is C22H34N4O5S. The first kappa shape index (κ1) is 24.5. The van der Waals surface area contributed by atoms with E-state index >= 15 is 0 Å². The highest BCUT2D eigenvalue weighted by atomic mass is 32.2. The third-order valence-electron chi connectivity index (χ3n) is 6.05. The number of aryl methyl sites for hydroxylation is 3. The van der Waals surface area contributed by atoms with Crippen molar-refractivity contribution in [2.24, 2.45) is 0 Å². The molecule has 32 heavy (non-hydrogen) atoms. The molecule has 2 aliphatic heterocycles. The number of sulfonamides is 1. The zero-order chi connectivity index (χ0) is 23.5. The first-order chi connectivity index (χ1) is 15.1. The molecule has 1 aromatic rings. The Hall–Kier alpha value is -2.17. The van der Waals surface area contributed by atoms with E-state index < -0.39 is 10.0 Å². The van der Waals surface area contributed by atoms with E-state index in [0.29, 0.717) is 63.9 Å². The summed E-state index contributed by atoms with van der Waals surface area (Å²) >= 11 is 0. The summed E-state index contributed by atoms with van der Waals surface area (Å²) in [7, 11) is -3.57. The molecule has 2 fully saturated rings. The van der Waals surface area contributed by atoms with E-state index in [-0.39, 0.29) is 18.5 Å². The van der Waals surface area contributed by atoms with Crippen LogP contribution in [-0.4, -0.2) is 105 Å². The van der Waals surface area contributed by atoms with Crippen LogP contribution in [0.25, 0.3) is 0 Å². The van der Waals surface area contributed by atoms with E-state index in [0.717, 1.165) is 16.7 Å². The molecule has 0 aliphatic carbocycles. The molecule has 0 saturated carbocycles. The topological polar surface area (TPSA) is 90.5 Å². The fourth-order valence-corrected chi connectivity index (χ4v) is 6.31. The van der Waals surface area contributed by atoms with Gasteiger partial charge in [0.2, 0.25) is 15.9 Å². The van der Waals surface area contributed by atoms with Crippen molar-refractivity contribution in [3.63, 3.8) is 0 Å². The summed E-state index contributed by atoms with van der Waals surface area (Å²) in [6.45, 7) is 11.6. The average Bonchev–Trinajstić information content (AvgIpc) is 2.73. The molecule has 178 valence electrons. The second-order valence-electron chi connectivity index (χ2n) is 8.47. The lowest BCUT2D eigenvalue weighted by molar-refractivity contribution is -0.134. The fourth-order valence-electron chi connectivity index (χ4n) is 4.48. The van der Waals surface area contributed by atoms with Crippen molar-refractivity contribution >= 4 is 22.0 Å². The lowest BCUT2D eigenvalue weighted by Crippen LogP contribution is -2.55. The highest BCUT2D eigenvalue weighted by Gasteiger charge is 2.32. The van der Waals surface area contributed by atoms with Crippen LogP contribution < -0.4 is 0 Å². The van der Waals surface area contributed by atoms with Crippen LogP contribution >= 0.6 is 0 Å². The van der Waals surface area contributed by atoms with Crippen molar-refractivity contribution in [2.45, 2.75) is 32.6 Å². The quantitative estimate of drug-likeness (QED) is 0.648. The lowest BCUT2D eigenvalue weighted by Gasteiger charge is -2.37. The molecule has 0 aromatic heterocycles. The van der Waals surface area contributed by atoms with Gasteiger partial charge in [-0.15, -0.1) is 0 Å². The fraction of sp³-hybridized carbons (Fsp3) is 0.636. The maximum atomic E-state index is 13.2. The van der Waals surface area contributed by atoms with Crippen molar-refractivity contribution in [2.75, 3.05) is 65.5 Å². The molecule has 2 amide bonds. The van der Waals surface area contributed by atoms with Gasteiger partial charge in [0.25, 0.3) is 0 Å². The predicted molar refractivity (Wildman–Crippen MR) is 121 cm³/mol. The van der Waals surface area contributed by atoms with Gasteiger partial charge in [-0.2, -0.15) is 4.31 Å². The lowest BCUT2D eigenvalue weighted by atomic mass is 10.1. The normalized spacial score (nSPS) is 18.6. The molecular weight excluding hydrogens is 432 g/mol. The van der Waals surface area contributed by atoms with Crippen LogP contribution in [0.15, 0.2) is 17.0 Å². The van der Waals surface area contributed by atoms with Crippen LogP contribution in [0.5, 0.6) is 0 Å².